The third-order valence-corrected chi connectivity index (χ3v) is 8.82. The summed E-state index contributed by atoms with van der Waals surface area (Å²) in [5.41, 5.74) is 0. The number of hydrogen-bond acceptors (Lipinski definition) is 1. The molecule has 0 radical (unpaired) electrons. The van der Waals surface area contributed by atoms with Crippen LogP contribution in [0.4, 0.5) is 0 Å². The molecule has 0 N–H and O–H groups in total. The first kappa shape index (κ1) is 18.2. The zero-order chi connectivity index (χ0) is 17.6. The van der Waals surface area contributed by atoms with Crippen molar-refractivity contribution < 1.29 is 0 Å². The third kappa shape index (κ3) is 4.21. The van der Waals surface area contributed by atoms with Gasteiger partial charge in [-0.15, -0.1) is 0 Å². The van der Waals surface area contributed by atoms with E-state index in [1.165, 1.54) is 74.8 Å². The first-order valence-corrected chi connectivity index (χ1v) is 11.9. The van der Waals surface area contributed by atoms with Gasteiger partial charge in [0.2, 0.25) is 0 Å². The predicted octanol–water partition coefficient (Wildman–Crippen LogP) is 6.00. The number of benzene rings is 2. The van der Waals surface area contributed by atoms with Crippen LogP contribution in [0.2, 0.25) is 0 Å². The van der Waals surface area contributed by atoms with Gasteiger partial charge in [-0.2, -0.15) is 0 Å². The van der Waals surface area contributed by atoms with Crippen LogP contribution >= 0.6 is 8.07 Å². The summed E-state index contributed by atoms with van der Waals surface area (Å²) in [5.74, 6) is 0. The van der Waals surface area contributed by atoms with Crippen LogP contribution in [0.25, 0.3) is 0 Å². The molecule has 2 fully saturated rings. The van der Waals surface area contributed by atoms with Gasteiger partial charge in [-0.1, -0.05) is 99.2 Å². The number of rotatable bonds is 5. The number of nitrogens with zero attached hydrogens (tertiary/aromatic N) is 1. The van der Waals surface area contributed by atoms with Gasteiger partial charge in [0.05, 0.1) is 0 Å². The molecule has 2 aromatic carbocycles. The lowest BCUT2D eigenvalue weighted by molar-refractivity contribution is 0.179. The average molecular weight is 366 g/mol. The fraction of sp³-hybridized carbons (Fsp3) is 0.500. The Labute approximate surface area is 160 Å². The van der Waals surface area contributed by atoms with Gasteiger partial charge in [0.25, 0.3) is 0 Å². The maximum Gasteiger partial charge on any atom is 0.0286 e. The molecule has 2 saturated carbocycles. The lowest BCUT2D eigenvalue weighted by atomic mass is 9.91. The van der Waals surface area contributed by atoms with Crippen molar-refractivity contribution in [2.24, 2.45) is 0 Å². The van der Waals surface area contributed by atoms with Gasteiger partial charge in [-0.3, -0.25) is 4.67 Å². The highest BCUT2D eigenvalue weighted by Crippen LogP contribution is 2.47. The normalized spacial score (nSPS) is 19.9. The van der Waals surface area contributed by atoms with Crippen molar-refractivity contribution in [1.29, 1.82) is 0 Å². The van der Waals surface area contributed by atoms with Crippen LogP contribution in [0.15, 0.2) is 60.7 Å². The van der Waals surface area contributed by atoms with E-state index in [0.717, 1.165) is 12.1 Å². The second-order valence-corrected chi connectivity index (χ2v) is 10.1. The minimum atomic E-state index is -0.427. The van der Waals surface area contributed by atoms with Crippen LogP contribution in [-0.4, -0.2) is 16.8 Å². The summed E-state index contributed by atoms with van der Waals surface area (Å²) in [6.45, 7) is 0. The second kappa shape index (κ2) is 9.16. The fourth-order valence-corrected chi connectivity index (χ4v) is 7.73. The molecule has 0 aliphatic heterocycles. The molecule has 0 heterocycles. The van der Waals surface area contributed by atoms with Crippen LogP contribution in [0.1, 0.15) is 64.2 Å². The lowest BCUT2D eigenvalue weighted by Gasteiger charge is -2.46. The first-order valence-electron chi connectivity index (χ1n) is 10.6. The Hall–Kier alpha value is -1.17. The van der Waals surface area contributed by atoms with Gasteiger partial charge in [-0.25, -0.2) is 0 Å². The molecule has 2 aliphatic carbocycles. The third-order valence-electron chi connectivity index (χ3n) is 6.13. The molecule has 0 aromatic heterocycles. The van der Waals surface area contributed by atoms with E-state index in [1.54, 1.807) is 0 Å². The van der Waals surface area contributed by atoms with Crippen molar-refractivity contribution in [3.05, 3.63) is 60.7 Å². The van der Waals surface area contributed by atoms with Crippen LogP contribution in [0, 0.1) is 0 Å². The number of hydrogen-bond donors (Lipinski definition) is 0. The quantitative estimate of drug-likeness (QED) is 0.587. The molecular weight excluding hydrogens is 333 g/mol. The zero-order valence-corrected chi connectivity index (χ0v) is 16.8. The van der Waals surface area contributed by atoms with Crippen molar-refractivity contribution in [3.8, 4) is 0 Å². The van der Waals surface area contributed by atoms with Gasteiger partial charge in [0.15, 0.2) is 0 Å². The predicted molar refractivity (Wildman–Crippen MR) is 115 cm³/mol. The van der Waals surface area contributed by atoms with E-state index in [9.17, 15) is 0 Å². The Morgan fingerprint density at radius 2 is 0.923 bits per heavy atom. The fourth-order valence-electron chi connectivity index (χ4n) is 4.87. The molecule has 1 nitrogen and oxygen atoms in total. The average Bonchev–Trinajstić information content (AvgIpc) is 2.74. The van der Waals surface area contributed by atoms with E-state index in [-0.39, 0.29) is 0 Å². The molecule has 2 heteroatoms. The second-order valence-electron chi connectivity index (χ2n) is 7.95. The Bertz CT molecular complexity index is 587. The monoisotopic (exact) mass is 365 g/mol. The molecule has 0 saturated heterocycles. The van der Waals surface area contributed by atoms with E-state index in [4.69, 9.17) is 0 Å². The molecule has 4 rings (SSSR count). The van der Waals surface area contributed by atoms with Crippen molar-refractivity contribution in [1.82, 2.24) is 4.67 Å². The highest BCUT2D eigenvalue weighted by Gasteiger charge is 2.35. The SMILES string of the molecule is c1ccc(P(c2ccccc2)N(C2CCCCC2)C2CCCCC2)cc1. The molecule has 0 bridgehead atoms. The summed E-state index contributed by atoms with van der Waals surface area (Å²) in [6, 6.07) is 24.3. The summed E-state index contributed by atoms with van der Waals surface area (Å²) in [5, 5.41) is 3.06. The molecule has 0 amide bonds. The maximum atomic E-state index is 3.03. The molecule has 26 heavy (non-hydrogen) atoms. The standard InChI is InChI=1S/C24H32NP/c1-5-13-21(14-6-1)25(22-15-7-2-8-16-22)26(23-17-9-3-10-18-23)24-19-11-4-12-20-24/h3-4,9-12,17-22H,1-2,5-8,13-16H2. The Morgan fingerprint density at radius 3 is 1.31 bits per heavy atom. The maximum absolute atomic E-state index is 3.03. The minimum Gasteiger partial charge on any atom is -0.269 e. The van der Waals surface area contributed by atoms with Crippen molar-refractivity contribution >= 4 is 18.7 Å². The molecule has 0 unspecified atom stereocenters. The Balaban J connectivity index is 1.74. The van der Waals surface area contributed by atoms with E-state index in [1.807, 2.05) is 0 Å². The zero-order valence-electron chi connectivity index (χ0n) is 15.9. The summed E-state index contributed by atoms with van der Waals surface area (Å²) in [6.07, 6.45) is 14.1. The van der Waals surface area contributed by atoms with Gasteiger partial charge >= 0.3 is 0 Å². The van der Waals surface area contributed by atoms with E-state index in [2.05, 4.69) is 65.3 Å². The van der Waals surface area contributed by atoms with Gasteiger partial charge in [0, 0.05) is 20.2 Å². The van der Waals surface area contributed by atoms with Crippen LogP contribution < -0.4 is 10.6 Å². The van der Waals surface area contributed by atoms with Gasteiger partial charge in [-0.05, 0) is 36.3 Å². The van der Waals surface area contributed by atoms with E-state index in [0.29, 0.717) is 0 Å². The van der Waals surface area contributed by atoms with Gasteiger partial charge in [0.1, 0.15) is 0 Å². The van der Waals surface area contributed by atoms with E-state index < -0.39 is 8.07 Å². The molecule has 0 atom stereocenters. The smallest absolute Gasteiger partial charge is 0.0286 e. The highest BCUT2D eigenvalue weighted by atomic mass is 31.1. The molecular formula is C24H32NP. The minimum absolute atomic E-state index is 0.427. The van der Waals surface area contributed by atoms with Crippen LogP contribution in [-0.2, 0) is 0 Å². The van der Waals surface area contributed by atoms with Gasteiger partial charge < -0.3 is 0 Å². The van der Waals surface area contributed by atoms with Crippen LogP contribution in [0.3, 0.4) is 0 Å². The van der Waals surface area contributed by atoms with Crippen LogP contribution in [0.5, 0.6) is 0 Å². The van der Waals surface area contributed by atoms with Crippen molar-refractivity contribution in [2.45, 2.75) is 76.3 Å². The molecule has 2 aromatic rings. The highest BCUT2D eigenvalue weighted by molar-refractivity contribution is 7.70. The Kier molecular flexibility index (Phi) is 6.41. The lowest BCUT2D eigenvalue weighted by Crippen LogP contribution is -2.45. The summed E-state index contributed by atoms with van der Waals surface area (Å²) in [7, 11) is -0.427. The largest absolute Gasteiger partial charge is 0.269 e. The van der Waals surface area contributed by atoms with Crippen molar-refractivity contribution in [3.63, 3.8) is 0 Å². The molecule has 138 valence electrons. The molecule has 2 aliphatic rings. The summed E-state index contributed by atoms with van der Waals surface area (Å²) in [4.78, 5) is 0. The summed E-state index contributed by atoms with van der Waals surface area (Å²) >= 11 is 0. The van der Waals surface area contributed by atoms with Crippen molar-refractivity contribution in [2.75, 3.05) is 0 Å². The summed E-state index contributed by atoms with van der Waals surface area (Å²) < 4.78 is 3.03. The van der Waals surface area contributed by atoms with E-state index >= 15 is 0 Å². The topological polar surface area (TPSA) is 3.24 Å². The molecule has 0 spiro atoms. The first-order chi connectivity index (χ1) is 12.9. The Morgan fingerprint density at radius 1 is 0.538 bits per heavy atom.